The Labute approximate surface area is 483 Å². The van der Waals surface area contributed by atoms with E-state index < -0.39 is 6.10 Å². The summed E-state index contributed by atoms with van der Waals surface area (Å²) in [6.45, 7) is 6.51. The summed E-state index contributed by atoms with van der Waals surface area (Å²) in [5.41, 5.74) is 0. The van der Waals surface area contributed by atoms with E-state index in [0.717, 1.165) is 116 Å². The second-order valence-electron chi connectivity index (χ2n) is 22.0. The van der Waals surface area contributed by atoms with Gasteiger partial charge in [-0.3, -0.25) is 14.4 Å². The van der Waals surface area contributed by atoms with Gasteiger partial charge in [-0.1, -0.05) is 279 Å². The van der Waals surface area contributed by atoms with Gasteiger partial charge in [-0.2, -0.15) is 0 Å². The molecule has 0 N–H and O–H groups in total. The van der Waals surface area contributed by atoms with Crippen molar-refractivity contribution in [1.29, 1.82) is 0 Å². The van der Waals surface area contributed by atoms with Crippen molar-refractivity contribution in [2.45, 2.75) is 329 Å². The normalized spacial score (nSPS) is 12.7. The van der Waals surface area contributed by atoms with Gasteiger partial charge < -0.3 is 14.2 Å². The Morgan fingerprint density at radius 3 is 0.795 bits per heavy atom. The van der Waals surface area contributed by atoms with Crippen LogP contribution < -0.4 is 0 Å². The van der Waals surface area contributed by atoms with Crippen molar-refractivity contribution in [3.8, 4) is 0 Å². The van der Waals surface area contributed by atoms with E-state index in [1.807, 2.05) is 0 Å². The van der Waals surface area contributed by atoms with Gasteiger partial charge in [0, 0.05) is 19.3 Å². The highest BCUT2D eigenvalue weighted by molar-refractivity contribution is 5.71. The van der Waals surface area contributed by atoms with E-state index in [4.69, 9.17) is 14.2 Å². The van der Waals surface area contributed by atoms with Crippen molar-refractivity contribution in [2.75, 3.05) is 13.2 Å². The van der Waals surface area contributed by atoms with Crippen molar-refractivity contribution < 1.29 is 28.6 Å². The monoisotopic (exact) mass is 1080 g/mol. The van der Waals surface area contributed by atoms with Crippen LogP contribution in [0.25, 0.3) is 0 Å². The Balaban J connectivity index is 4.40. The second kappa shape index (κ2) is 65.8. The lowest BCUT2D eigenvalue weighted by Gasteiger charge is -2.18. The Bertz CT molecular complexity index is 1530. The summed E-state index contributed by atoms with van der Waals surface area (Å²) in [5.74, 6) is -0.898. The number of carbonyl (C=O) groups is 3. The molecule has 0 aliphatic rings. The summed E-state index contributed by atoms with van der Waals surface area (Å²) < 4.78 is 17.0. The third-order valence-corrected chi connectivity index (χ3v) is 14.3. The van der Waals surface area contributed by atoms with E-state index in [2.05, 4.69) is 118 Å². The van der Waals surface area contributed by atoms with Gasteiger partial charge in [0.15, 0.2) is 6.10 Å². The molecule has 0 rings (SSSR count). The molecule has 6 heteroatoms. The number of hydrogen-bond acceptors (Lipinski definition) is 6. The summed E-state index contributed by atoms with van der Waals surface area (Å²) >= 11 is 0. The molecule has 0 bridgehead atoms. The first-order valence-corrected chi connectivity index (χ1v) is 33.2. The molecule has 0 radical (unpaired) electrons. The molecule has 0 aromatic carbocycles. The molecule has 0 aromatic heterocycles. The molecule has 1 atom stereocenters. The van der Waals surface area contributed by atoms with E-state index in [0.29, 0.717) is 19.3 Å². The molecule has 1 unspecified atom stereocenters. The molecule has 0 saturated carbocycles. The Kier molecular flexibility index (Phi) is 62.7. The minimum absolute atomic E-state index is 0.0865. The average molecular weight is 1090 g/mol. The van der Waals surface area contributed by atoms with Gasteiger partial charge in [0.25, 0.3) is 0 Å². The van der Waals surface area contributed by atoms with Crippen molar-refractivity contribution in [3.05, 3.63) is 97.2 Å². The maximum Gasteiger partial charge on any atom is 0.306 e. The number of unbranched alkanes of at least 4 members (excludes halogenated alkanes) is 33. The van der Waals surface area contributed by atoms with Crippen LogP contribution in [0.3, 0.4) is 0 Å². The lowest BCUT2D eigenvalue weighted by atomic mass is 10.0. The van der Waals surface area contributed by atoms with Crippen LogP contribution in [0.2, 0.25) is 0 Å². The zero-order valence-electron chi connectivity index (χ0n) is 51.4. The molecule has 448 valence electrons. The van der Waals surface area contributed by atoms with Gasteiger partial charge in [-0.25, -0.2) is 0 Å². The van der Waals surface area contributed by atoms with Crippen LogP contribution >= 0.6 is 0 Å². The Hall–Kier alpha value is -3.67. The highest BCUT2D eigenvalue weighted by Gasteiger charge is 2.19. The smallest absolute Gasteiger partial charge is 0.306 e. The first kappa shape index (κ1) is 74.3. The van der Waals surface area contributed by atoms with E-state index >= 15 is 0 Å². The number of carbonyl (C=O) groups excluding carboxylic acids is 3. The number of hydrogen-bond donors (Lipinski definition) is 0. The van der Waals surface area contributed by atoms with Gasteiger partial charge in [-0.05, 0) is 122 Å². The quantitative estimate of drug-likeness (QED) is 0.0261. The molecule has 0 saturated heterocycles. The predicted molar refractivity (Wildman–Crippen MR) is 339 cm³/mol. The molecule has 0 aliphatic carbocycles. The van der Waals surface area contributed by atoms with Crippen molar-refractivity contribution in [1.82, 2.24) is 0 Å². The maximum atomic E-state index is 12.9. The summed E-state index contributed by atoms with van der Waals surface area (Å²) in [6, 6.07) is 0. The largest absolute Gasteiger partial charge is 0.462 e. The maximum absolute atomic E-state index is 12.9. The zero-order chi connectivity index (χ0) is 56.4. The molecule has 0 aliphatic heterocycles. The number of ether oxygens (including phenoxy) is 3. The summed E-state index contributed by atoms with van der Waals surface area (Å²) in [6.07, 6.45) is 88.4. The SMILES string of the molecule is CC/C=C\C/C=C\C/C=C\C/C=C\CCCCCCCCC(=O)OC(COC(=O)CCCCCCCCC/C=C\C/C=C\CCCCCC)COC(=O)CCCCCCCCCCCCC/C=C\C/C=C\CCCCCCC. The van der Waals surface area contributed by atoms with Gasteiger partial charge in [0.05, 0.1) is 0 Å². The van der Waals surface area contributed by atoms with Crippen molar-refractivity contribution >= 4 is 17.9 Å². The van der Waals surface area contributed by atoms with Crippen LogP contribution in [-0.2, 0) is 28.6 Å². The Morgan fingerprint density at radius 2 is 0.500 bits per heavy atom. The average Bonchev–Trinajstić information content (AvgIpc) is 3.44. The molecule has 78 heavy (non-hydrogen) atoms. The van der Waals surface area contributed by atoms with E-state index in [-0.39, 0.29) is 31.1 Å². The van der Waals surface area contributed by atoms with Gasteiger partial charge >= 0.3 is 17.9 Å². The van der Waals surface area contributed by atoms with E-state index in [9.17, 15) is 14.4 Å². The summed E-state index contributed by atoms with van der Waals surface area (Å²) in [5, 5.41) is 0. The summed E-state index contributed by atoms with van der Waals surface area (Å²) in [7, 11) is 0. The molecular formula is C72H124O6. The van der Waals surface area contributed by atoms with Gasteiger partial charge in [-0.15, -0.1) is 0 Å². The topological polar surface area (TPSA) is 78.9 Å². The minimum atomic E-state index is -0.792. The highest BCUT2D eigenvalue weighted by Crippen LogP contribution is 2.16. The summed E-state index contributed by atoms with van der Waals surface area (Å²) in [4.78, 5) is 38.4. The lowest BCUT2D eigenvalue weighted by Crippen LogP contribution is -2.30. The van der Waals surface area contributed by atoms with Crippen LogP contribution in [0.4, 0.5) is 0 Å². The molecule has 0 aromatic rings. The van der Waals surface area contributed by atoms with Crippen LogP contribution in [0.5, 0.6) is 0 Å². The van der Waals surface area contributed by atoms with Gasteiger partial charge in [0.1, 0.15) is 13.2 Å². The van der Waals surface area contributed by atoms with Crippen LogP contribution in [0.15, 0.2) is 97.2 Å². The first-order chi connectivity index (χ1) is 38.5. The molecular weight excluding hydrogens is 961 g/mol. The fourth-order valence-corrected chi connectivity index (χ4v) is 9.32. The molecule has 0 spiro atoms. The third kappa shape index (κ3) is 63.2. The molecule has 0 amide bonds. The van der Waals surface area contributed by atoms with Gasteiger partial charge in [0.2, 0.25) is 0 Å². The lowest BCUT2D eigenvalue weighted by molar-refractivity contribution is -0.167. The first-order valence-electron chi connectivity index (χ1n) is 33.2. The minimum Gasteiger partial charge on any atom is -0.462 e. The fraction of sp³-hybridized carbons (Fsp3) is 0.736. The van der Waals surface area contributed by atoms with Crippen LogP contribution in [0, 0.1) is 0 Å². The van der Waals surface area contributed by atoms with Crippen LogP contribution in [0.1, 0.15) is 323 Å². The fourth-order valence-electron chi connectivity index (χ4n) is 9.32. The van der Waals surface area contributed by atoms with Crippen LogP contribution in [-0.4, -0.2) is 37.2 Å². The molecule has 0 fully saturated rings. The van der Waals surface area contributed by atoms with E-state index in [1.54, 1.807) is 0 Å². The molecule has 0 heterocycles. The zero-order valence-corrected chi connectivity index (χ0v) is 51.4. The standard InChI is InChI=1S/C72H124O6/c1-4-7-10-13-16-19-22-25-28-31-34-35-36-37-39-41-44-47-50-53-56-59-62-65-71(74)77-68-69(67-76-70(73)64-61-58-55-52-49-46-43-40-33-30-27-24-21-18-15-12-9-6-3)78-72(75)66-63-60-57-54-51-48-45-42-38-32-29-26-23-20-17-14-11-8-5-2/h8,11,17,20-22,24-26,29-31,33-34,38,42,69H,4-7,9-10,12-16,18-19,23,27-28,32,35-37,39-41,43-68H2,1-3H3/b11-8-,20-17-,24-21-,25-22-,29-26-,33-30-,34-31-,42-38-. The van der Waals surface area contributed by atoms with E-state index in [1.165, 1.54) is 167 Å². The molecule has 6 nitrogen and oxygen atoms in total. The van der Waals surface area contributed by atoms with Crippen molar-refractivity contribution in [2.24, 2.45) is 0 Å². The predicted octanol–water partition coefficient (Wildman–Crippen LogP) is 22.8. The number of rotatable bonds is 60. The third-order valence-electron chi connectivity index (χ3n) is 14.3. The van der Waals surface area contributed by atoms with Crippen molar-refractivity contribution in [3.63, 3.8) is 0 Å². The number of esters is 3. The second-order valence-corrected chi connectivity index (χ2v) is 22.0. The Morgan fingerprint density at radius 1 is 0.269 bits per heavy atom. The number of allylic oxidation sites excluding steroid dienone is 16. The highest BCUT2D eigenvalue weighted by atomic mass is 16.6.